The molecular weight excluding hydrogens is 368 g/mol. The van der Waals surface area contributed by atoms with Crippen molar-refractivity contribution in [1.82, 2.24) is 0 Å². The van der Waals surface area contributed by atoms with Crippen molar-refractivity contribution in [3.63, 3.8) is 0 Å². The van der Waals surface area contributed by atoms with Crippen LogP contribution in [-0.4, -0.2) is 27.7 Å². The highest BCUT2D eigenvalue weighted by molar-refractivity contribution is 9.09. The van der Waals surface area contributed by atoms with Crippen LogP contribution in [0.15, 0.2) is 24.3 Å². The van der Waals surface area contributed by atoms with Crippen LogP contribution < -0.4 is 5.32 Å². The fraction of sp³-hybridized carbons (Fsp3) is 0.467. The van der Waals surface area contributed by atoms with Gasteiger partial charge in [0.25, 0.3) is 5.69 Å². The third-order valence-electron chi connectivity index (χ3n) is 5.17. The van der Waals surface area contributed by atoms with Crippen molar-refractivity contribution >= 4 is 39.2 Å². The van der Waals surface area contributed by atoms with Crippen molar-refractivity contribution in [2.45, 2.75) is 17.4 Å². The van der Waals surface area contributed by atoms with Crippen LogP contribution in [-0.2, 0) is 14.3 Å². The third-order valence-corrected chi connectivity index (χ3v) is 6.37. The zero-order valence-corrected chi connectivity index (χ0v) is 13.4. The normalized spacial score (nSPS) is 36.8. The zero-order chi connectivity index (χ0) is 16.3. The number of anilines is 1. The number of ether oxygens (including phenoxy) is 1. The molecule has 1 saturated heterocycles. The van der Waals surface area contributed by atoms with E-state index in [-0.39, 0.29) is 46.2 Å². The number of alkyl halides is 1. The van der Waals surface area contributed by atoms with E-state index in [2.05, 4.69) is 21.2 Å². The molecule has 2 aliphatic carbocycles. The van der Waals surface area contributed by atoms with Gasteiger partial charge in [-0.05, 0) is 24.5 Å². The van der Waals surface area contributed by atoms with Crippen LogP contribution in [0.1, 0.15) is 6.42 Å². The number of halogens is 1. The average molecular weight is 381 g/mol. The smallest absolute Gasteiger partial charge is 0.310 e. The second-order valence-electron chi connectivity index (χ2n) is 6.25. The van der Waals surface area contributed by atoms with Gasteiger partial charge in [-0.15, -0.1) is 0 Å². The number of nitrogens with one attached hydrogen (secondary N) is 1. The highest BCUT2D eigenvalue weighted by atomic mass is 79.9. The molecule has 1 heterocycles. The molecule has 3 aliphatic rings. The third kappa shape index (κ3) is 2.08. The number of esters is 1. The molecule has 0 unspecified atom stereocenters. The number of hydrogen-bond donors (Lipinski definition) is 1. The van der Waals surface area contributed by atoms with Gasteiger partial charge in [0, 0.05) is 23.7 Å². The number of nitrogens with zero attached hydrogens (tertiary/aromatic N) is 1. The summed E-state index contributed by atoms with van der Waals surface area (Å²) < 4.78 is 5.38. The molecule has 8 heteroatoms. The fourth-order valence-electron chi connectivity index (χ4n) is 4.22. The minimum Gasteiger partial charge on any atom is -0.461 e. The summed E-state index contributed by atoms with van der Waals surface area (Å²) in [6.45, 7) is 0. The predicted molar refractivity (Wildman–Crippen MR) is 82.9 cm³/mol. The fourth-order valence-corrected chi connectivity index (χ4v) is 5.27. The number of amides is 1. The summed E-state index contributed by atoms with van der Waals surface area (Å²) in [7, 11) is 0. The maximum atomic E-state index is 12.6. The number of carbonyl (C=O) groups is 2. The monoisotopic (exact) mass is 380 g/mol. The lowest BCUT2D eigenvalue weighted by atomic mass is 9.79. The Hall–Kier alpha value is -1.96. The van der Waals surface area contributed by atoms with Gasteiger partial charge in [0.2, 0.25) is 5.91 Å². The Bertz CT molecular complexity index is 706. The Balaban J connectivity index is 1.53. The quantitative estimate of drug-likeness (QED) is 0.374. The molecule has 1 amide bonds. The standard InChI is InChI=1S/C15H13BrN2O5/c16-12-8-5-9-11(15(20)23-13(9)12)10(8)14(19)17-6-1-3-7(4-2-6)18(21)22/h1-4,8-13H,5H2,(H,17,19)/t8-,9-,10-,11-,12+,13+/m1/s1. The Morgan fingerprint density at radius 1 is 1.30 bits per heavy atom. The number of hydrogen-bond acceptors (Lipinski definition) is 5. The summed E-state index contributed by atoms with van der Waals surface area (Å²) in [5.41, 5.74) is 0.447. The van der Waals surface area contributed by atoms with Crippen molar-refractivity contribution < 1.29 is 19.2 Å². The highest BCUT2D eigenvalue weighted by Gasteiger charge is 2.67. The maximum Gasteiger partial charge on any atom is 0.310 e. The van der Waals surface area contributed by atoms with E-state index < -0.39 is 10.8 Å². The van der Waals surface area contributed by atoms with Crippen molar-refractivity contribution in [2.75, 3.05) is 5.32 Å². The molecule has 120 valence electrons. The molecule has 1 aromatic rings. The van der Waals surface area contributed by atoms with E-state index in [0.29, 0.717) is 5.69 Å². The highest BCUT2D eigenvalue weighted by Crippen LogP contribution is 2.60. The van der Waals surface area contributed by atoms with Gasteiger partial charge in [-0.3, -0.25) is 19.7 Å². The van der Waals surface area contributed by atoms with Crippen molar-refractivity contribution in [3.8, 4) is 0 Å². The maximum absolute atomic E-state index is 12.6. The molecular formula is C15H13BrN2O5. The van der Waals surface area contributed by atoms with Gasteiger partial charge in [-0.25, -0.2) is 0 Å². The topological polar surface area (TPSA) is 98.5 Å². The Morgan fingerprint density at radius 3 is 2.65 bits per heavy atom. The van der Waals surface area contributed by atoms with Crippen LogP contribution in [0.3, 0.4) is 0 Å². The van der Waals surface area contributed by atoms with Gasteiger partial charge in [-0.2, -0.15) is 0 Å². The van der Waals surface area contributed by atoms with Crippen LogP contribution in [0.25, 0.3) is 0 Å². The lowest BCUT2D eigenvalue weighted by Crippen LogP contribution is -2.40. The first kappa shape index (κ1) is 14.6. The van der Waals surface area contributed by atoms with Crippen molar-refractivity contribution in [2.24, 2.45) is 23.7 Å². The largest absolute Gasteiger partial charge is 0.461 e. The van der Waals surface area contributed by atoms with Crippen LogP contribution in [0.2, 0.25) is 0 Å². The van der Waals surface area contributed by atoms with Gasteiger partial charge in [-0.1, -0.05) is 15.9 Å². The van der Waals surface area contributed by atoms with E-state index in [1.165, 1.54) is 24.3 Å². The van der Waals surface area contributed by atoms with Crippen LogP contribution in [0.4, 0.5) is 11.4 Å². The zero-order valence-electron chi connectivity index (χ0n) is 11.8. The average Bonchev–Trinajstić information content (AvgIpc) is 3.12. The first-order valence-electron chi connectivity index (χ1n) is 7.37. The SMILES string of the molecule is O=C(Nc1ccc([N+](=O)[O-])cc1)[C@@H]1[C@H]2C[C@H]3[C@H](OC(=O)[C@H]31)[C@H]2Br. The van der Waals surface area contributed by atoms with E-state index in [4.69, 9.17) is 4.74 Å². The van der Waals surface area contributed by atoms with E-state index >= 15 is 0 Å². The molecule has 0 spiro atoms. The van der Waals surface area contributed by atoms with Crippen molar-refractivity contribution in [1.29, 1.82) is 0 Å². The number of nitro groups is 1. The molecule has 7 nitrogen and oxygen atoms in total. The molecule has 3 fully saturated rings. The number of fused-ring (bicyclic) bond motifs is 1. The Morgan fingerprint density at radius 2 is 2.00 bits per heavy atom. The van der Waals surface area contributed by atoms with Gasteiger partial charge in [0.15, 0.2) is 0 Å². The lowest BCUT2D eigenvalue weighted by molar-refractivity contribution is -0.384. The number of carbonyl (C=O) groups excluding carboxylic acids is 2. The van der Waals surface area contributed by atoms with Crippen LogP contribution in [0, 0.1) is 33.8 Å². The second kappa shape index (κ2) is 5.02. The van der Waals surface area contributed by atoms with Gasteiger partial charge in [0.05, 0.1) is 21.6 Å². The summed E-state index contributed by atoms with van der Waals surface area (Å²) >= 11 is 3.56. The molecule has 1 aliphatic heterocycles. The van der Waals surface area contributed by atoms with Crippen LogP contribution in [0.5, 0.6) is 0 Å². The second-order valence-corrected chi connectivity index (χ2v) is 7.31. The molecule has 2 saturated carbocycles. The molecule has 1 N–H and O–H groups in total. The molecule has 23 heavy (non-hydrogen) atoms. The predicted octanol–water partition coefficient (Wildman–Crippen LogP) is 2.10. The van der Waals surface area contributed by atoms with Gasteiger partial charge >= 0.3 is 5.97 Å². The lowest BCUT2D eigenvalue weighted by Gasteiger charge is -2.27. The number of rotatable bonds is 3. The van der Waals surface area contributed by atoms with Gasteiger partial charge in [0.1, 0.15) is 6.10 Å². The minimum absolute atomic E-state index is 0.0165. The molecule has 2 bridgehead atoms. The van der Waals surface area contributed by atoms with E-state index in [1.54, 1.807) is 0 Å². The molecule has 6 atom stereocenters. The minimum atomic E-state index is -0.494. The molecule has 0 radical (unpaired) electrons. The first-order chi connectivity index (χ1) is 11.0. The Kier molecular flexibility index (Phi) is 3.19. The number of benzene rings is 1. The van der Waals surface area contributed by atoms with E-state index in [1.807, 2.05) is 0 Å². The summed E-state index contributed by atoms with van der Waals surface area (Å²) in [5, 5.41) is 13.4. The summed E-state index contributed by atoms with van der Waals surface area (Å²) in [6, 6.07) is 5.66. The first-order valence-corrected chi connectivity index (χ1v) is 8.29. The molecule has 4 rings (SSSR count). The molecule has 0 aromatic heterocycles. The summed E-state index contributed by atoms with van der Waals surface area (Å²) in [4.78, 5) is 34.8. The summed E-state index contributed by atoms with van der Waals surface area (Å²) in [6.07, 6.45) is 0.705. The summed E-state index contributed by atoms with van der Waals surface area (Å²) in [5.74, 6) is -1.09. The number of non-ortho nitro benzene ring substituents is 1. The number of nitro benzene ring substituents is 1. The van der Waals surface area contributed by atoms with Crippen molar-refractivity contribution in [3.05, 3.63) is 34.4 Å². The van der Waals surface area contributed by atoms with E-state index in [0.717, 1.165) is 6.42 Å². The molecule has 1 aromatic carbocycles. The van der Waals surface area contributed by atoms with Crippen LogP contribution >= 0.6 is 15.9 Å². The van der Waals surface area contributed by atoms with E-state index in [9.17, 15) is 19.7 Å². The van der Waals surface area contributed by atoms with Gasteiger partial charge < -0.3 is 10.1 Å². The Labute approximate surface area is 139 Å².